The average Bonchev–Trinajstić information content (AvgIpc) is 2.56. The normalized spacial score (nSPS) is 10.7. The molecule has 1 amide bonds. The number of fused-ring (bicyclic) bond motifs is 1. The summed E-state index contributed by atoms with van der Waals surface area (Å²) < 4.78 is 10.7. The maximum absolute atomic E-state index is 11.4. The lowest BCUT2D eigenvalue weighted by Crippen LogP contribution is -2.11. The second-order valence-corrected chi connectivity index (χ2v) is 3.66. The van der Waals surface area contributed by atoms with Gasteiger partial charge in [-0.1, -0.05) is 0 Å². The molecule has 0 aliphatic rings. The van der Waals surface area contributed by atoms with Crippen molar-refractivity contribution < 1.29 is 13.9 Å². The van der Waals surface area contributed by atoms with Crippen molar-refractivity contribution >= 4 is 16.9 Å². The highest BCUT2D eigenvalue weighted by atomic mass is 16.5. The van der Waals surface area contributed by atoms with Gasteiger partial charge in [-0.05, 0) is 26.0 Å². The standard InChI is InChI=1S/C12H13NO3/c1-6-8(15-3)4-5-9-10(6)11(12(13)14)7(2)16-9/h4-5H,1-3H3,(H2,13,14). The van der Waals surface area contributed by atoms with Crippen molar-refractivity contribution in [3.63, 3.8) is 0 Å². The molecule has 1 heterocycles. The molecule has 1 aromatic heterocycles. The number of carbonyl (C=O) groups is 1. The van der Waals surface area contributed by atoms with Crippen LogP contribution in [0, 0.1) is 13.8 Å². The van der Waals surface area contributed by atoms with Gasteiger partial charge in [0.15, 0.2) is 0 Å². The van der Waals surface area contributed by atoms with Gasteiger partial charge in [-0.15, -0.1) is 0 Å². The molecular weight excluding hydrogens is 206 g/mol. The van der Waals surface area contributed by atoms with Gasteiger partial charge in [0, 0.05) is 10.9 Å². The van der Waals surface area contributed by atoms with Gasteiger partial charge in [-0.2, -0.15) is 0 Å². The van der Waals surface area contributed by atoms with Crippen LogP contribution in [0.15, 0.2) is 16.5 Å². The number of furan rings is 1. The molecule has 2 aromatic rings. The summed E-state index contributed by atoms with van der Waals surface area (Å²) in [4.78, 5) is 11.4. The first kappa shape index (κ1) is 10.5. The number of methoxy groups -OCH3 is 1. The zero-order valence-corrected chi connectivity index (χ0v) is 9.46. The molecule has 0 fully saturated rings. The number of benzene rings is 1. The fourth-order valence-corrected chi connectivity index (χ4v) is 1.97. The summed E-state index contributed by atoms with van der Waals surface area (Å²) in [6.07, 6.45) is 0. The maximum atomic E-state index is 11.4. The van der Waals surface area contributed by atoms with E-state index in [0.29, 0.717) is 16.9 Å². The van der Waals surface area contributed by atoms with Crippen LogP contribution in [0.25, 0.3) is 11.0 Å². The van der Waals surface area contributed by atoms with E-state index in [1.165, 1.54) is 0 Å². The topological polar surface area (TPSA) is 65.5 Å². The molecule has 2 rings (SSSR count). The van der Waals surface area contributed by atoms with Crippen molar-refractivity contribution in [2.24, 2.45) is 5.73 Å². The molecule has 0 radical (unpaired) electrons. The lowest BCUT2D eigenvalue weighted by molar-refractivity contribution is 0.1000. The fraction of sp³-hybridized carbons (Fsp3) is 0.250. The monoisotopic (exact) mass is 219 g/mol. The van der Waals surface area contributed by atoms with Crippen LogP contribution >= 0.6 is 0 Å². The first-order chi connectivity index (χ1) is 7.56. The van der Waals surface area contributed by atoms with Gasteiger partial charge < -0.3 is 14.9 Å². The van der Waals surface area contributed by atoms with Crippen LogP contribution < -0.4 is 10.5 Å². The van der Waals surface area contributed by atoms with Crippen LogP contribution in [0.3, 0.4) is 0 Å². The lowest BCUT2D eigenvalue weighted by Gasteiger charge is -2.05. The highest BCUT2D eigenvalue weighted by Gasteiger charge is 2.19. The van der Waals surface area contributed by atoms with Crippen molar-refractivity contribution in [3.8, 4) is 5.75 Å². The Morgan fingerprint density at radius 2 is 2.06 bits per heavy atom. The molecule has 4 heteroatoms. The fourth-order valence-electron chi connectivity index (χ4n) is 1.97. The van der Waals surface area contributed by atoms with Crippen LogP contribution in [-0.4, -0.2) is 13.0 Å². The Kier molecular flexibility index (Phi) is 2.34. The lowest BCUT2D eigenvalue weighted by atomic mass is 10.0. The van der Waals surface area contributed by atoms with Gasteiger partial charge in [0.2, 0.25) is 0 Å². The highest BCUT2D eigenvalue weighted by molar-refractivity contribution is 6.08. The Labute approximate surface area is 93.0 Å². The number of ether oxygens (including phenoxy) is 1. The molecule has 16 heavy (non-hydrogen) atoms. The number of rotatable bonds is 2. The molecular formula is C12H13NO3. The van der Waals surface area contributed by atoms with Gasteiger partial charge in [0.1, 0.15) is 17.1 Å². The molecule has 0 aliphatic carbocycles. The number of nitrogens with two attached hydrogens (primary N) is 1. The molecule has 0 unspecified atom stereocenters. The average molecular weight is 219 g/mol. The predicted octanol–water partition coefficient (Wildman–Crippen LogP) is 2.16. The SMILES string of the molecule is COc1ccc2oc(C)c(C(N)=O)c2c1C. The van der Waals surface area contributed by atoms with Gasteiger partial charge in [0.05, 0.1) is 12.7 Å². The second kappa shape index (κ2) is 3.56. The molecule has 0 saturated carbocycles. The summed E-state index contributed by atoms with van der Waals surface area (Å²) in [5, 5.41) is 0.740. The van der Waals surface area contributed by atoms with Crippen molar-refractivity contribution in [3.05, 3.63) is 29.0 Å². The molecule has 4 nitrogen and oxygen atoms in total. The van der Waals surface area contributed by atoms with Gasteiger partial charge >= 0.3 is 0 Å². The van der Waals surface area contributed by atoms with E-state index in [0.717, 1.165) is 16.7 Å². The summed E-state index contributed by atoms with van der Waals surface area (Å²) in [5.41, 5.74) is 7.31. The number of amides is 1. The first-order valence-electron chi connectivity index (χ1n) is 4.92. The van der Waals surface area contributed by atoms with Gasteiger partial charge in [0.25, 0.3) is 5.91 Å². The third-order valence-electron chi connectivity index (χ3n) is 2.71. The Hall–Kier alpha value is -1.97. The summed E-state index contributed by atoms with van der Waals surface area (Å²) in [6, 6.07) is 3.59. The van der Waals surface area contributed by atoms with Crippen molar-refractivity contribution in [2.75, 3.05) is 7.11 Å². The molecule has 0 saturated heterocycles. The zero-order valence-electron chi connectivity index (χ0n) is 9.46. The van der Waals surface area contributed by atoms with E-state index < -0.39 is 5.91 Å². The van der Waals surface area contributed by atoms with E-state index in [1.54, 1.807) is 20.1 Å². The summed E-state index contributed by atoms with van der Waals surface area (Å²) in [7, 11) is 1.59. The van der Waals surface area contributed by atoms with Crippen molar-refractivity contribution in [1.29, 1.82) is 0 Å². The van der Waals surface area contributed by atoms with E-state index in [-0.39, 0.29) is 0 Å². The second-order valence-electron chi connectivity index (χ2n) is 3.66. The van der Waals surface area contributed by atoms with Crippen molar-refractivity contribution in [2.45, 2.75) is 13.8 Å². The van der Waals surface area contributed by atoms with Crippen molar-refractivity contribution in [1.82, 2.24) is 0 Å². The summed E-state index contributed by atoms with van der Waals surface area (Å²) in [5.74, 6) is 0.780. The van der Waals surface area contributed by atoms with Crippen LogP contribution in [-0.2, 0) is 0 Å². The minimum atomic E-state index is -0.479. The van der Waals surface area contributed by atoms with E-state index in [1.807, 2.05) is 13.0 Å². The molecule has 0 aliphatic heterocycles. The minimum absolute atomic E-state index is 0.436. The molecule has 84 valence electrons. The van der Waals surface area contributed by atoms with Crippen LogP contribution in [0.5, 0.6) is 5.75 Å². The third kappa shape index (κ3) is 1.34. The Bertz CT molecular complexity index is 569. The molecule has 1 aromatic carbocycles. The number of primary amides is 1. The first-order valence-corrected chi connectivity index (χ1v) is 4.92. The molecule has 0 atom stereocenters. The molecule has 0 spiro atoms. The third-order valence-corrected chi connectivity index (χ3v) is 2.71. The number of hydrogen-bond acceptors (Lipinski definition) is 3. The Balaban J connectivity index is 2.89. The highest BCUT2D eigenvalue weighted by Crippen LogP contribution is 2.33. The largest absolute Gasteiger partial charge is 0.496 e. The number of hydrogen-bond donors (Lipinski definition) is 1. The number of aryl methyl sites for hydroxylation is 2. The molecule has 2 N–H and O–H groups in total. The minimum Gasteiger partial charge on any atom is -0.496 e. The summed E-state index contributed by atoms with van der Waals surface area (Å²) >= 11 is 0. The van der Waals surface area contributed by atoms with Gasteiger partial charge in [-0.25, -0.2) is 0 Å². The predicted molar refractivity (Wildman–Crippen MR) is 60.8 cm³/mol. The van der Waals surface area contributed by atoms with Crippen LogP contribution in [0.4, 0.5) is 0 Å². The Morgan fingerprint density at radius 1 is 1.38 bits per heavy atom. The van der Waals surface area contributed by atoms with E-state index in [2.05, 4.69) is 0 Å². The Morgan fingerprint density at radius 3 is 2.62 bits per heavy atom. The van der Waals surface area contributed by atoms with Crippen LogP contribution in [0.1, 0.15) is 21.7 Å². The van der Waals surface area contributed by atoms with E-state index >= 15 is 0 Å². The summed E-state index contributed by atoms with van der Waals surface area (Å²) in [6.45, 7) is 3.61. The molecule has 0 bridgehead atoms. The zero-order chi connectivity index (χ0) is 11.9. The quantitative estimate of drug-likeness (QED) is 0.841. The smallest absolute Gasteiger partial charge is 0.252 e. The maximum Gasteiger partial charge on any atom is 0.252 e. The van der Waals surface area contributed by atoms with Crippen LogP contribution in [0.2, 0.25) is 0 Å². The van der Waals surface area contributed by atoms with E-state index in [9.17, 15) is 4.79 Å². The van der Waals surface area contributed by atoms with Gasteiger partial charge in [-0.3, -0.25) is 4.79 Å². The number of carbonyl (C=O) groups excluding carboxylic acids is 1. The van der Waals surface area contributed by atoms with E-state index in [4.69, 9.17) is 14.9 Å².